The lowest BCUT2D eigenvalue weighted by atomic mass is 10.1. The second-order valence-corrected chi connectivity index (χ2v) is 8.26. The summed E-state index contributed by atoms with van der Waals surface area (Å²) in [6.07, 6.45) is 2.66. The van der Waals surface area contributed by atoms with Gasteiger partial charge in [0.15, 0.2) is 16.1 Å². The van der Waals surface area contributed by atoms with E-state index in [1.807, 2.05) is 13.0 Å². The van der Waals surface area contributed by atoms with Gasteiger partial charge >= 0.3 is 0 Å². The van der Waals surface area contributed by atoms with Gasteiger partial charge in [-0.1, -0.05) is 36.4 Å². The Balaban J connectivity index is 2.31. The minimum Gasteiger partial charge on any atom is -0.379 e. The van der Waals surface area contributed by atoms with Crippen LogP contribution in [-0.2, 0) is 4.74 Å². The molecule has 0 aliphatic carbocycles. The van der Waals surface area contributed by atoms with Gasteiger partial charge in [0.25, 0.3) is 0 Å². The Labute approximate surface area is 169 Å². The molecule has 0 amide bonds. The van der Waals surface area contributed by atoms with Crippen molar-refractivity contribution in [1.82, 2.24) is 15.0 Å². The molecule has 1 fully saturated rings. The van der Waals surface area contributed by atoms with Crippen molar-refractivity contribution in [3.8, 4) is 0 Å². The largest absolute Gasteiger partial charge is 0.379 e. The van der Waals surface area contributed by atoms with E-state index in [4.69, 9.17) is 21.3 Å². The van der Waals surface area contributed by atoms with E-state index in [0.29, 0.717) is 34.2 Å². The van der Waals surface area contributed by atoms with Crippen LogP contribution < -0.4 is 4.90 Å². The third kappa shape index (κ3) is 3.69. The lowest BCUT2D eigenvalue weighted by Gasteiger charge is -2.34. The second-order valence-electron chi connectivity index (χ2n) is 5.92. The number of ether oxygens (including phenoxy) is 1. The monoisotopic (exact) mass is 460 g/mol. The number of hydrogen-bond acceptors (Lipinski definition) is 6. The van der Waals surface area contributed by atoms with Crippen LogP contribution in [-0.4, -0.2) is 46.0 Å². The molecule has 0 radical (unpaired) electrons. The fourth-order valence-electron chi connectivity index (χ4n) is 3.00. The molecule has 1 saturated heterocycles. The van der Waals surface area contributed by atoms with Crippen LogP contribution in [0.1, 0.15) is 20.3 Å². The van der Waals surface area contributed by atoms with E-state index in [0.717, 1.165) is 12.2 Å². The van der Waals surface area contributed by atoms with Gasteiger partial charge in [-0.3, -0.25) is 0 Å². The number of hydrogen-bond donors (Lipinski definition) is 0. The summed E-state index contributed by atoms with van der Waals surface area (Å²) in [5, 5.41) is 0.796. The van der Waals surface area contributed by atoms with Gasteiger partial charge in [-0.2, -0.15) is 0 Å². The van der Waals surface area contributed by atoms with Crippen LogP contribution in [0.3, 0.4) is 0 Å². The fourth-order valence-corrected chi connectivity index (χ4v) is 4.38. The molecule has 26 heavy (non-hydrogen) atoms. The smallest absolute Gasteiger partial charge is 0.190 e. The van der Waals surface area contributed by atoms with Crippen LogP contribution in [0.15, 0.2) is 22.4 Å². The van der Waals surface area contributed by atoms with E-state index in [2.05, 4.69) is 44.3 Å². The van der Waals surface area contributed by atoms with Gasteiger partial charge in [0, 0.05) is 12.6 Å². The molecule has 0 spiro atoms. The number of anilines is 1. The maximum Gasteiger partial charge on any atom is 0.190 e. The highest BCUT2D eigenvalue weighted by Gasteiger charge is 2.30. The summed E-state index contributed by atoms with van der Waals surface area (Å²) in [7, 11) is 0. The first-order chi connectivity index (χ1) is 12.5. The summed E-state index contributed by atoms with van der Waals surface area (Å²) in [5.74, 6) is 0.750. The van der Waals surface area contributed by atoms with Crippen molar-refractivity contribution in [2.24, 2.45) is 0 Å². The van der Waals surface area contributed by atoms with E-state index in [1.165, 1.54) is 11.8 Å². The minimum atomic E-state index is -0.639. The van der Waals surface area contributed by atoms with Crippen molar-refractivity contribution < 1.29 is 9.13 Å². The summed E-state index contributed by atoms with van der Waals surface area (Å²) in [4.78, 5) is 15.3. The summed E-state index contributed by atoms with van der Waals surface area (Å²) in [6, 6.07) is 0.0411. The van der Waals surface area contributed by atoms with E-state index in [1.54, 1.807) is 0 Å². The van der Waals surface area contributed by atoms with E-state index in [-0.39, 0.29) is 22.8 Å². The quantitative estimate of drug-likeness (QED) is 0.280. The van der Waals surface area contributed by atoms with Gasteiger partial charge in [0.2, 0.25) is 0 Å². The zero-order valence-corrected chi connectivity index (χ0v) is 17.7. The highest BCUT2D eigenvalue weighted by atomic mass is 79.9. The number of halogens is 3. The average molecular weight is 462 g/mol. The zero-order valence-electron chi connectivity index (χ0n) is 14.5. The van der Waals surface area contributed by atoms with Crippen molar-refractivity contribution in [2.45, 2.75) is 37.5 Å². The lowest BCUT2D eigenvalue weighted by molar-refractivity contribution is 0.141. The lowest BCUT2D eigenvalue weighted by Crippen LogP contribution is -2.42. The van der Waals surface area contributed by atoms with Crippen LogP contribution in [0.4, 0.5) is 10.2 Å². The Morgan fingerprint density at radius 1 is 1.46 bits per heavy atom. The van der Waals surface area contributed by atoms with Crippen molar-refractivity contribution in [1.29, 1.82) is 0 Å². The molecular weight excluding hydrogens is 443 g/mol. The number of nitrogens with zero attached hydrogens (tertiary/aromatic N) is 4. The highest BCUT2D eigenvalue weighted by Crippen LogP contribution is 2.37. The number of fused-ring (bicyclic) bond motifs is 1. The van der Waals surface area contributed by atoms with Gasteiger partial charge in [-0.15, -0.1) is 6.58 Å². The Morgan fingerprint density at radius 2 is 2.23 bits per heavy atom. The molecule has 3 rings (SSSR count). The standard InChI is InChI=1S/C17H19BrClFN4OS/c1-4-10-8-25-7-6-9(3)24(10)16-11-13(21-17(23-16)26-5-2)12(20)15(19)22-14(11)18/h4,9-10H,1,5-8H2,2-3H3/t9-,10-/m0/s1. The summed E-state index contributed by atoms with van der Waals surface area (Å²) in [6.45, 7) is 9.18. The van der Waals surface area contributed by atoms with Crippen LogP contribution in [0.2, 0.25) is 5.15 Å². The molecule has 0 unspecified atom stereocenters. The van der Waals surface area contributed by atoms with Crippen LogP contribution in [0.5, 0.6) is 0 Å². The van der Waals surface area contributed by atoms with E-state index >= 15 is 0 Å². The Kier molecular flexibility index (Phi) is 6.37. The van der Waals surface area contributed by atoms with Crippen LogP contribution in [0, 0.1) is 5.82 Å². The molecule has 1 aliphatic heterocycles. The number of pyridine rings is 1. The molecule has 1 aliphatic rings. The number of thioether (sulfide) groups is 1. The SMILES string of the molecule is C=C[C@H]1COCC[C@H](C)N1c1nc(SCC)nc2c(F)c(Cl)nc(Br)c12. The molecule has 2 aromatic heterocycles. The molecule has 3 heterocycles. The minimum absolute atomic E-state index is 0.0873. The first-order valence-corrected chi connectivity index (χ1v) is 10.5. The van der Waals surface area contributed by atoms with Gasteiger partial charge in [-0.05, 0) is 35.0 Å². The zero-order chi connectivity index (χ0) is 18.8. The molecule has 9 heteroatoms. The van der Waals surface area contributed by atoms with Crippen molar-refractivity contribution in [3.63, 3.8) is 0 Å². The predicted molar refractivity (Wildman–Crippen MR) is 108 cm³/mol. The van der Waals surface area contributed by atoms with Crippen molar-refractivity contribution in [3.05, 3.63) is 28.2 Å². The fraction of sp³-hybridized carbons (Fsp3) is 0.471. The first-order valence-electron chi connectivity index (χ1n) is 8.31. The molecule has 0 aromatic carbocycles. The number of rotatable bonds is 4. The molecule has 140 valence electrons. The molecule has 0 bridgehead atoms. The maximum absolute atomic E-state index is 14.7. The molecule has 0 N–H and O–H groups in total. The predicted octanol–water partition coefficient (Wildman–Crippen LogP) is 4.86. The Morgan fingerprint density at radius 3 is 2.92 bits per heavy atom. The van der Waals surface area contributed by atoms with Crippen LogP contribution in [0.25, 0.3) is 10.9 Å². The highest BCUT2D eigenvalue weighted by molar-refractivity contribution is 9.10. The molecule has 2 atom stereocenters. The van der Waals surface area contributed by atoms with Crippen LogP contribution >= 0.6 is 39.3 Å². The molecule has 0 saturated carbocycles. The van der Waals surface area contributed by atoms with Gasteiger partial charge in [-0.25, -0.2) is 19.3 Å². The molecule has 2 aromatic rings. The Hall–Kier alpha value is -0.960. The Bertz CT molecular complexity index is 840. The number of aromatic nitrogens is 3. The molecular formula is C17H19BrClFN4OS. The summed E-state index contributed by atoms with van der Waals surface area (Å²) in [5.41, 5.74) is 0.165. The van der Waals surface area contributed by atoms with Gasteiger partial charge in [0.05, 0.1) is 18.0 Å². The van der Waals surface area contributed by atoms with E-state index in [9.17, 15) is 4.39 Å². The summed E-state index contributed by atoms with van der Waals surface area (Å²) < 4.78 is 20.8. The third-order valence-electron chi connectivity index (χ3n) is 4.25. The third-order valence-corrected chi connectivity index (χ3v) is 5.81. The van der Waals surface area contributed by atoms with Gasteiger partial charge < -0.3 is 9.64 Å². The van der Waals surface area contributed by atoms with Crippen molar-refractivity contribution >= 4 is 56.0 Å². The molecule has 5 nitrogen and oxygen atoms in total. The average Bonchev–Trinajstić information content (AvgIpc) is 2.80. The maximum atomic E-state index is 14.7. The van der Waals surface area contributed by atoms with Crippen molar-refractivity contribution in [2.75, 3.05) is 23.9 Å². The topological polar surface area (TPSA) is 51.1 Å². The second kappa shape index (κ2) is 8.37. The normalized spacial score (nSPS) is 21.0. The van der Waals surface area contributed by atoms with Gasteiger partial charge in [0.1, 0.15) is 15.9 Å². The first kappa shape index (κ1) is 19.8. The van der Waals surface area contributed by atoms with E-state index < -0.39 is 5.82 Å². The summed E-state index contributed by atoms with van der Waals surface area (Å²) >= 11 is 10.8.